The topological polar surface area (TPSA) is 141 Å². The molecule has 1 fully saturated rings. The predicted octanol–water partition coefficient (Wildman–Crippen LogP) is -1.03. The smallest absolute Gasteiger partial charge is 0.332 e. The van der Waals surface area contributed by atoms with Gasteiger partial charge in [-0.3, -0.25) is 18.7 Å². The molecule has 1 aliphatic rings. The van der Waals surface area contributed by atoms with Crippen molar-refractivity contribution in [2.45, 2.75) is 9.92 Å². The molecule has 0 aliphatic carbocycles. The number of nitrogens with two attached hydrogens (primary N) is 1. The van der Waals surface area contributed by atoms with Crippen molar-refractivity contribution < 1.29 is 13.2 Å². The summed E-state index contributed by atoms with van der Waals surface area (Å²) >= 11 is 1.05. The molecule has 2 N–H and O–H groups in total. The van der Waals surface area contributed by atoms with E-state index in [1.54, 1.807) is 0 Å². The van der Waals surface area contributed by atoms with Gasteiger partial charge in [-0.2, -0.15) is 4.31 Å². The van der Waals surface area contributed by atoms with E-state index in [0.29, 0.717) is 31.2 Å². The molecule has 0 radical (unpaired) electrons. The molecule has 0 atom stereocenters. The zero-order valence-corrected chi connectivity index (χ0v) is 19.1. The van der Waals surface area contributed by atoms with E-state index in [1.807, 2.05) is 7.05 Å². The number of nitrogens with zero attached hydrogens (tertiary/aromatic N) is 5. The van der Waals surface area contributed by atoms with Crippen LogP contribution in [0.15, 0.2) is 37.8 Å². The van der Waals surface area contributed by atoms with Crippen LogP contribution < -0.4 is 17.0 Å². The average molecular weight is 469 g/mol. The molecule has 168 valence electrons. The lowest BCUT2D eigenvalue weighted by molar-refractivity contribution is 0.102. The molecule has 2 aromatic heterocycles. The Morgan fingerprint density at radius 1 is 1.10 bits per heavy atom. The van der Waals surface area contributed by atoms with Crippen LogP contribution in [0.2, 0.25) is 0 Å². The molecule has 0 bridgehead atoms. The maximum Gasteiger partial charge on any atom is 0.332 e. The summed E-state index contributed by atoms with van der Waals surface area (Å²) < 4.78 is 28.8. The quantitative estimate of drug-likeness (QED) is 0.416. The summed E-state index contributed by atoms with van der Waals surface area (Å²) in [5.74, 6) is -0.884. The number of thioether (sulfide) groups is 1. The Morgan fingerprint density at radius 2 is 1.74 bits per heavy atom. The number of ketones is 1. The van der Waals surface area contributed by atoms with Crippen LogP contribution in [0.4, 0.5) is 5.82 Å². The Hall–Kier alpha value is -2.48. The van der Waals surface area contributed by atoms with E-state index in [2.05, 4.69) is 9.88 Å². The third-order valence-electron chi connectivity index (χ3n) is 5.15. The second-order valence-electron chi connectivity index (χ2n) is 7.22. The Kier molecular flexibility index (Phi) is 6.69. The number of aromatic nitrogens is 3. The molecule has 3 rings (SSSR count). The van der Waals surface area contributed by atoms with Gasteiger partial charge < -0.3 is 10.6 Å². The number of carbonyl (C=O) groups excluding carboxylic acids is 1. The van der Waals surface area contributed by atoms with E-state index < -0.39 is 27.1 Å². The monoisotopic (exact) mass is 468 g/mol. The molecule has 0 spiro atoms. The summed E-state index contributed by atoms with van der Waals surface area (Å²) in [7, 11) is 0.965. The van der Waals surface area contributed by atoms with Crippen LogP contribution in [-0.2, 0) is 24.1 Å². The fourth-order valence-corrected chi connectivity index (χ4v) is 5.20. The zero-order chi connectivity index (χ0) is 22.9. The van der Waals surface area contributed by atoms with Crippen molar-refractivity contribution in [2.75, 3.05) is 44.7 Å². The SMILES string of the molecule is CN1CCN(S(=O)(=O)c2ccc(SCC(=O)c3c(N)n(C)c(=O)n(C)c3=O)nc2)CC1. The minimum atomic E-state index is -3.63. The lowest BCUT2D eigenvalue weighted by Gasteiger charge is -2.31. The van der Waals surface area contributed by atoms with Gasteiger partial charge in [0.1, 0.15) is 16.3 Å². The highest BCUT2D eigenvalue weighted by Crippen LogP contribution is 2.21. The lowest BCUT2D eigenvalue weighted by Crippen LogP contribution is -2.47. The van der Waals surface area contributed by atoms with Crippen molar-refractivity contribution in [3.8, 4) is 0 Å². The second-order valence-corrected chi connectivity index (χ2v) is 10.2. The standard InChI is InChI=1S/C18H24N6O5S2/c1-21-6-8-24(9-7-21)31(28,29)12-4-5-14(20-10-12)30-11-13(25)15-16(19)22(2)18(27)23(3)17(15)26/h4-5,10H,6-9,11,19H2,1-3H3. The fraction of sp³-hybridized carbons (Fsp3) is 0.444. The molecule has 0 unspecified atom stereocenters. The van der Waals surface area contributed by atoms with Crippen molar-refractivity contribution in [2.24, 2.45) is 14.1 Å². The first-order chi connectivity index (χ1) is 14.5. The van der Waals surface area contributed by atoms with Crippen molar-refractivity contribution in [3.05, 3.63) is 44.7 Å². The number of carbonyl (C=O) groups is 1. The van der Waals surface area contributed by atoms with Crippen LogP contribution in [0.25, 0.3) is 0 Å². The summed E-state index contributed by atoms with van der Waals surface area (Å²) in [6, 6.07) is 2.97. The second kappa shape index (κ2) is 8.94. The fourth-order valence-electron chi connectivity index (χ4n) is 3.12. The normalized spacial score (nSPS) is 15.8. The van der Waals surface area contributed by atoms with Crippen molar-refractivity contribution in [1.29, 1.82) is 0 Å². The first-order valence-corrected chi connectivity index (χ1v) is 11.8. The summed E-state index contributed by atoms with van der Waals surface area (Å²) in [5, 5.41) is 0.422. The van der Waals surface area contributed by atoms with Gasteiger partial charge in [0.25, 0.3) is 5.56 Å². The number of Topliss-reactive ketones (excluding diaryl/α,β-unsaturated/α-hetero) is 1. The number of piperazine rings is 1. The molecule has 13 heteroatoms. The van der Waals surface area contributed by atoms with Gasteiger partial charge in [0.05, 0.1) is 10.8 Å². The van der Waals surface area contributed by atoms with E-state index in [9.17, 15) is 22.8 Å². The zero-order valence-electron chi connectivity index (χ0n) is 17.4. The van der Waals surface area contributed by atoms with E-state index in [1.165, 1.54) is 36.7 Å². The highest BCUT2D eigenvalue weighted by Gasteiger charge is 2.28. The van der Waals surface area contributed by atoms with Gasteiger partial charge in [0, 0.05) is 46.5 Å². The summed E-state index contributed by atoms with van der Waals surface area (Å²) in [6.45, 7) is 2.16. The predicted molar refractivity (Wildman–Crippen MR) is 117 cm³/mol. The number of rotatable bonds is 6. The Morgan fingerprint density at radius 3 is 2.32 bits per heavy atom. The third-order valence-corrected chi connectivity index (χ3v) is 7.98. The highest BCUT2D eigenvalue weighted by molar-refractivity contribution is 7.99. The maximum atomic E-state index is 12.8. The van der Waals surface area contributed by atoms with E-state index in [-0.39, 0.29) is 22.0 Å². The average Bonchev–Trinajstić information content (AvgIpc) is 2.75. The number of pyridine rings is 1. The van der Waals surface area contributed by atoms with Crippen LogP contribution in [0.5, 0.6) is 0 Å². The maximum absolute atomic E-state index is 12.8. The number of hydrogen-bond acceptors (Lipinski definition) is 9. The Balaban J connectivity index is 1.72. The minimum absolute atomic E-state index is 0.0869. The molecular weight excluding hydrogens is 444 g/mol. The van der Waals surface area contributed by atoms with Crippen LogP contribution in [0, 0.1) is 0 Å². The third kappa shape index (κ3) is 4.59. The molecule has 31 heavy (non-hydrogen) atoms. The summed E-state index contributed by atoms with van der Waals surface area (Å²) in [6.07, 6.45) is 1.26. The van der Waals surface area contributed by atoms with Gasteiger partial charge in [0.2, 0.25) is 10.0 Å². The van der Waals surface area contributed by atoms with Gasteiger partial charge >= 0.3 is 5.69 Å². The first kappa shape index (κ1) is 23.2. The van der Waals surface area contributed by atoms with Gasteiger partial charge in [-0.05, 0) is 19.2 Å². The molecule has 1 saturated heterocycles. The van der Waals surface area contributed by atoms with E-state index in [0.717, 1.165) is 20.9 Å². The number of sulfonamides is 1. The molecular formula is C18H24N6O5S2. The molecule has 11 nitrogen and oxygen atoms in total. The van der Waals surface area contributed by atoms with Crippen LogP contribution >= 0.6 is 11.8 Å². The Bertz CT molecular complexity index is 1210. The largest absolute Gasteiger partial charge is 0.384 e. The lowest BCUT2D eigenvalue weighted by atomic mass is 10.2. The van der Waals surface area contributed by atoms with E-state index in [4.69, 9.17) is 5.73 Å². The van der Waals surface area contributed by atoms with Crippen molar-refractivity contribution in [1.82, 2.24) is 23.3 Å². The number of nitrogen functional groups attached to an aromatic ring is 1. The molecule has 3 heterocycles. The molecule has 0 aromatic carbocycles. The van der Waals surface area contributed by atoms with Gasteiger partial charge in [-0.15, -0.1) is 0 Å². The molecule has 1 aliphatic heterocycles. The first-order valence-electron chi connectivity index (χ1n) is 9.40. The van der Waals surface area contributed by atoms with Crippen molar-refractivity contribution >= 4 is 33.4 Å². The number of likely N-dealkylation sites (N-methyl/N-ethyl adjacent to an activating group) is 1. The highest BCUT2D eigenvalue weighted by atomic mass is 32.2. The van der Waals surface area contributed by atoms with Crippen LogP contribution in [0.3, 0.4) is 0 Å². The van der Waals surface area contributed by atoms with Crippen LogP contribution in [0.1, 0.15) is 10.4 Å². The molecule has 0 saturated carbocycles. The number of hydrogen-bond donors (Lipinski definition) is 1. The Labute approximate surface area is 183 Å². The van der Waals surface area contributed by atoms with Gasteiger partial charge in [-0.25, -0.2) is 18.2 Å². The van der Waals surface area contributed by atoms with Crippen molar-refractivity contribution in [3.63, 3.8) is 0 Å². The number of anilines is 1. The van der Waals surface area contributed by atoms with Crippen LogP contribution in [-0.4, -0.2) is 76.5 Å². The summed E-state index contributed by atoms with van der Waals surface area (Å²) in [4.78, 5) is 43.0. The van der Waals surface area contributed by atoms with E-state index >= 15 is 0 Å². The minimum Gasteiger partial charge on any atom is -0.384 e. The van der Waals surface area contributed by atoms with Gasteiger partial charge in [0.15, 0.2) is 5.78 Å². The molecule has 2 aromatic rings. The molecule has 0 amide bonds. The van der Waals surface area contributed by atoms with Gasteiger partial charge in [-0.1, -0.05) is 11.8 Å². The summed E-state index contributed by atoms with van der Waals surface area (Å²) in [5.41, 5.74) is 4.17.